The molecule has 202 valence electrons. The Kier molecular flexibility index (Phi) is 8.33. The molecule has 1 saturated heterocycles. The topological polar surface area (TPSA) is 101 Å². The van der Waals surface area contributed by atoms with E-state index in [1.165, 1.54) is 0 Å². The van der Waals surface area contributed by atoms with Gasteiger partial charge < -0.3 is 15.0 Å². The molecule has 1 N–H and O–H groups in total. The molecule has 5 rings (SSSR count). The van der Waals surface area contributed by atoms with Crippen LogP contribution < -0.4 is 15.0 Å². The number of carbonyl (C=O) groups excluding carboxylic acids is 1. The standard InChI is InChI=1S/C28H31ClN8O2/c1-20(22-5-7-24(39-2)8-6-22)32-27(38)14-23-18-35(17-21-4-3-9-30-16-21)12-13-37(23)26-15-25(29)33-28(34-26)36-11-10-31-19-36/h3-11,15-16,19-20,23H,12-14,17-18H2,1-2H3,(H,32,38). The van der Waals surface area contributed by atoms with Crippen molar-refractivity contribution in [1.29, 1.82) is 0 Å². The molecule has 2 atom stereocenters. The lowest BCUT2D eigenvalue weighted by molar-refractivity contribution is -0.122. The summed E-state index contributed by atoms with van der Waals surface area (Å²) in [5.74, 6) is 1.86. The number of hydrogen-bond donors (Lipinski definition) is 1. The number of pyridine rings is 1. The van der Waals surface area contributed by atoms with Gasteiger partial charge in [0, 0.05) is 63.5 Å². The van der Waals surface area contributed by atoms with Crippen molar-refractivity contribution in [3.05, 3.63) is 89.9 Å². The molecule has 0 bridgehead atoms. The lowest BCUT2D eigenvalue weighted by Crippen LogP contribution is -2.54. The molecule has 10 nitrogen and oxygen atoms in total. The zero-order valence-electron chi connectivity index (χ0n) is 21.9. The van der Waals surface area contributed by atoms with Gasteiger partial charge in [-0.05, 0) is 36.2 Å². The summed E-state index contributed by atoms with van der Waals surface area (Å²) in [5.41, 5.74) is 2.14. The molecule has 1 aliphatic rings. The minimum Gasteiger partial charge on any atom is -0.497 e. The van der Waals surface area contributed by atoms with E-state index < -0.39 is 0 Å². The smallest absolute Gasteiger partial charge is 0.238 e. The molecule has 0 saturated carbocycles. The molecule has 4 heterocycles. The zero-order valence-corrected chi connectivity index (χ0v) is 22.7. The Labute approximate surface area is 232 Å². The summed E-state index contributed by atoms with van der Waals surface area (Å²) in [6.45, 7) is 4.91. The predicted molar refractivity (Wildman–Crippen MR) is 149 cm³/mol. The quantitative estimate of drug-likeness (QED) is 0.317. The molecule has 0 aliphatic carbocycles. The number of benzene rings is 1. The minimum atomic E-state index is -0.145. The molecule has 0 spiro atoms. The molecule has 1 aromatic carbocycles. The van der Waals surface area contributed by atoms with E-state index in [1.54, 1.807) is 42.7 Å². The number of piperazine rings is 1. The Morgan fingerprint density at radius 1 is 1.15 bits per heavy atom. The van der Waals surface area contributed by atoms with Gasteiger partial charge in [0.1, 0.15) is 23.0 Å². The molecular weight excluding hydrogens is 516 g/mol. The number of imidazole rings is 1. The van der Waals surface area contributed by atoms with Gasteiger partial charge in [0.05, 0.1) is 19.2 Å². The van der Waals surface area contributed by atoms with Gasteiger partial charge in [-0.2, -0.15) is 4.98 Å². The van der Waals surface area contributed by atoms with Gasteiger partial charge in [-0.1, -0.05) is 29.8 Å². The van der Waals surface area contributed by atoms with E-state index in [1.807, 2.05) is 43.5 Å². The maximum absolute atomic E-state index is 13.3. The Balaban J connectivity index is 1.35. The van der Waals surface area contributed by atoms with Crippen molar-refractivity contribution in [2.75, 3.05) is 31.6 Å². The van der Waals surface area contributed by atoms with Crippen LogP contribution in [0.2, 0.25) is 5.15 Å². The van der Waals surface area contributed by atoms with E-state index >= 15 is 0 Å². The Bertz CT molecular complexity index is 1370. The summed E-state index contributed by atoms with van der Waals surface area (Å²) in [6.07, 6.45) is 9.02. The van der Waals surface area contributed by atoms with Crippen LogP contribution in [0.5, 0.6) is 5.75 Å². The SMILES string of the molecule is COc1ccc(C(C)NC(=O)CC2CN(Cc3cccnc3)CCN2c2cc(Cl)nc(-n3ccnc3)n2)cc1. The van der Waals surface area contributed by atoms with Gasteiger partial charge in [0.25, 0.3) is 0 Å². The second-order valence-corrected chi connectivity index (χ2v) is 9.92. The number of nitrogens with one attached hydrogen (secondary N) is 1. The largest absolute Gasteiger partial charge is 0.497 e. The third kappa shape index (κ3) is 6.71. The lowest BCUT2D eigenvalue weighted by atomic mass is 10.0. The number of amides is 1. The van der Waals surface area contributed by atoms with E-state index in [4.69, 9.17) is 21.3 Å². The second-order valence-electron chi connectivity index (χ2n) is 9.53. The van der Waals surface area contributed by atoms with Gasteiger partial charge in [-0.15, -0.1) is 0 Å². The van der Waals surface area contributed by atoms with Crippen molar-refractivity contribution in [2.24, 2.45) is 0 Å². The van der Waals surface area contributed by atoms with Crippen LogP contribution in [-0.4, -0.2) is 68.1 Å². The van der Waals surface area contributed by atoms with Crippen LogP contribution in [0.3, 0.4) is 0 Å². The summed E-state index contributed by atoms with van der Waals surface area (Å²) in [4.78, 5) is 35.3. The monoisotopic (exact) mass is 546 g/mol. The number of rotatable bonds is 9. The number of ether oxygens (including phenoxy) is 1. The first kappa shape index (κ1) is 26.6. The van der Waals surface area contributed by atoms with Gasteiger partial charge >= 0.3 is 0 Å². The summed E-state index contributed by atoms with van der Waals surface area (Å²) >= 11 is 6.42. The Morgan fingerprint density at radius 3 is 2.72 bits per heavy atom. The van der Waals surface area contributed by atoms with Gasteiger partial charge in [-0.25, -0.2) is 9.97 Å². The number of nitrogens with zero attached hydrogens (tertiary/aromatic N) is 7. The van der Waals surface area contributed by atoms with Crippen LogP contribution in [-0.2, 0) is 11.3 Å². The molecule has 11 heteroatoms. The highest BCUT2D eigenvalue weighted by molar-refractivity contribution is 6.29. The molecule has 1 aliphatic heterocycles. The molecule has 1 amide bonds. The van der Waals surface area contributed by atoms with Crippen LogP contribution in [0.4, 0.5) is 5.82 Å². The fraction of sp³-hybridized carbons (Fsp3) is 0.321. The van der Waals surface area contributed by atoms with Crippen molar-refractivity contribution < 1.29 is 9.53 Å². The summed E-state index contributed by atoms with van der Waals surface area (Å²) in [6, 6.07) is 13.2. The van der Waals surface area contributed by atoms with Gasteiger partial charge in [-0.3, -0.25) is 19.2 Å². The van der Waals surface area contributed by atoms with Crippen LogP contribution in [0, 0.1) is 0 Å². The normalized spacial score (nSPS) is 16.6. The van der Waals surface area contributed by atoms with Crippen molar-refractivity contribution in [2.45, 2.75) is 32.0 Å². The number of halogens is 1. The van der Waals surface area contributed by atoms with Gasteiger partial charge in [0.2, 0.25) is 11.9 Å². The van der Waals surface area contributed by atoms with Crippen LogP contribution in [0.1, 0.15) is 30.5 Å². The summed E-state index contributed by atoms with van der Waals surface area (Å²) in [5, 5.41) is 3.49. The first-order valence-electron chi connectivity index (χ1n) is 12.8. The van der Waals surface area contributed by atoms with E-state index in [0.29, 0.717) is 36.4 Å². The lowest BCUT2D eigenvalue weighted by Gasteiger charge is -2.42. The van der Waals surface area contributed by atoms with Crippen molar-refractivity contribution in [3.63, 3.8) is 0 Å². The zero-order chi connectivity index (χ0) is 27.2. The van der Waals surface area contributed by atoms with Crippen LogP contribution in [0.25, 0.3) is 5.95 Å². The third-order valence-corrected chi connectivity index (χ3v) is 7.00. The molecule has 4 aromatic rings. The van der Waals surface area contributed by atoms with Crippen LogP contribution in [0.15, 0.2) is 73.6 Å². The van der Waals surface area contributed by atoms with E-state index in [-0.39, 0.29) is 18.0 Å². The number of carbonyl (C=O) groups is 1. The molecular formula is C28H31ClN8O2. The molecule has 3 aromatic heterocycles. The highest BCUT2D eigenvalue weighted by Gasteiger charge is 2.31. The maximum Gasteiger partial charge on any atom is 0.238 e. The minimum absolute atomic E-state index is 0.0356. The van der Waals surface area contributed by atoms with Gasteiger partial charge in [0.15, 0.2) is 0 Å². The number of hydrogen-bond acceptors (Lipinski definition) is 8. The average Bonchev–Trinajstić information content (AvgIpc) is 3.49. The van der Waals surface area contributed by atoms with Crippen molar-refractivity contribution in [3.8, 4) is 11.7 Å². The third-order valence-electron chi connectivity index (χ3n) is 6.81. The fourth-order valence-corrected chi connectivity index (χ4v) is 4.99. The number of aromatic nitrogens is 5. The van der Waals surface area contributed by atoms with Crippen molar-refractivity contribution in [1.82, 2.24) is 34.7 Å². The molecule has 1 fully saturated rings. The molecule has 0 radical (unpaired) electrons. The van der Waals surface area contributed by atoms with E-state index in [0.717, 1.165) is 30.0 Å². The highest BCUT2D eigenvalue weighted by atomic mass is 35.5. The first-order chi connectivity index (χ1) is 19.0. The number of methoxy groups -OCH3 is 1. The second kappa shape index (κ2) is 12.2. The Morgan fingerprint density at radius 2 is 2.00 bits per heavy atom. The fourth-order valence-electron chi connectivity index (χ4n) is 4.81. The molecule has 2 unspecified atom stereocenters. The summed E-state index contributed by atoms with van der Waals surface area (Å²) in [7, 11) is 1.64. The Hall–Kier alpha value is -4.02. The first-order valence-corrected chi connectivity index (χ1v) is 13.2. The summed E-state index contributed by atoms with van der Waals surface area (Å²) < 4.78 is 6.97. The average molecular weight is 547 g/mol. The van der Waals surface area contributed by atoms with E-state index in [9.17, 15) is 4.79 Å². The van der Waals surface area contributed by atoms with Crippen molar-refractivity contribution >= 4 is 23.3 Å². The van der Waals surface area contributed by atoms with E-state index in [2.05, 4.69) is 36.1 Å². The van der Waals surface area contributed by atoms with Crippen LogP contribution >= 0.6 is 11.6 Å². The molecule has 39 heavy (non-hydrogen) atoms. The maximum atomic E-state index is 13.3. The predicted octanol–water partition coefficient (Wildman–Crippen LogP) is 3.68. The number of anilines is 1. The highest BCUT2D eigenvalue weighted by Crippen LogP contribution is 2.25.